The standard InChI is InChI=1S/C40H69NO8/c1-28(2)7-6-8-29(3)34-11-12-35-32-10-9-30-25-31(13-15-39(30,4)36(32)14-16-40(34,35)5)49-27-37(42)33(38(43)44)26-48-24-23-47-22-21-46-20-19-45-18-17-41/h9,28-29,31-36H,6-8,10-27,41H2,1-5H3,(H,43,44)/t29-,31?,32+,33?,34-,35+,36+,39+,40-/m1/s1. The number of carboxylic acid groups (broad SMARTS) is 1. The van der Waals surface area contributed by atoms with Gasteiger partial charge in [0.15, 0.2) is 5.78 Å². The van der Waals surface area contributed by atoms with E-state index in [1.165, 1.54) is 56.9 Å². The van der Waals surface area contributed by atoms with E-state index in [-0.39, 0.29) is 31.3 Å². The number of nitrogens with two attached hydrogens (primary N) is 1. The SMILES string of the molecule is CC(C)CCC[C@@H](C)[C@H]1CC[C@H]2[C@@H]3CC=C4CC(OCC(=O)C(COCCOCCOCCOCCN)C(=O)O)CC[C@]4(C)[C@H]3CC[C@]12C. The summed E-state index contributed by atoms with van der Waals surface area (Å²) < 4.78 is 27.7. The summed E-state index contributed by atoms with van der Waals surface area (Å²) in [6.07, 6.45) is 16.1. The summed E-state index contributed by atoms with van der Waals surface area (Å²) in [4.78, 5) is 24.8. The van der Waals surface area contributed by atoms with Crippen molar-refractivity contribution in [3.05, 3.63) is 11.6 Å². The lowest BCUT2D eigenvalue weighted by Gasteiger charge is -2.58. The molecule has 0 aromatic carbocycles. The molecule has 4 aliphatic carbocycles. The molecule has 49 heavy (non-hydrogen) atoms. The van der Waals surface area contributed by atoms with E-state index in [1.807, 2.05) is 0 Å². The van der Waals surface area contributed by atoms with E-state index in [0.29, 0.717) is 51.6 Å². The van der Waals surface area contributed by atoms with Crippen LogP contribution in [-0.2, 0) is 33.3 Å². The van der Waals surface area contributed by atoms with Crippen molar-refractivity contribution in [1.82, 2.24) is 0 Å². The van der Waals surface area contributed by atoms with Crippen LogP contribution in [0.3, 0.4) is 0 Å². The lowest BCUT2D eigenvalue weighted by Crippen LogP contribution is -2.51. The summed E-state index contributed by atoms with van der Waals surface area (Å²) in [6.45, 7) is 15.3. The van der Waals surface area contributed by atoms with Crippen LogP contribution >= 0.6 is 0 Å². The zero-order valence-electron chi connectivity index (χ0n) is 31.4. The molecule has 2 unspecified atom stereocenters. The molecule has 9 heteroatoms. The molecule has 0 heterocycles. The molecule has 0 aliphatic heterocycles. The van der Waals surface area contributed by atoms with E-state index >= 15 is 0 Å². The number of fused-ring (bicyclic) bond motifs is 5. The van der Waals surface area contributed by atoms with Gasteiger partial charge in [0.1, 0.15) is 12.5 Å². The average Bonchev–Trinajstić information content (AvgIpc) is 3.42. The predicted octanol–water partition coefficient (Wildman–Crippen LogP) is 6.71. The maximum Gasteiger partial charge on any atom is 0.316 e. The van der Waals surface area contributed by atoms with Crippen molar-refractivity contribution in [2.24, 2.45) is 58.0 Å². The zero-order chi connectivity index (χ0) is 35.4. The number of carbonyl (C=O) groups excluding carboxylic acids is 1. The normalized spacial score (nSPS) is 32.2. The summed E-state index contributed by atoms with van der Waals surface area (Å²) in [5, 5.41) is 9.71. The maximum absolute atomic E-state index is 12.9. The number of hydrogen-bond donors (Lipinski definition) is 2. The molecular formula is C40H69NO8. The Balaban J connectivity index is 1.19. The summed E-state index contributed by atoms with van der Waals surface area (Å²) in [7, 11) is 0. The van der Waals surface area contributed by atoms with Crippen molar-refractivity contribution in [1.29, 1.82) is 0 Å². The molecule has 0 spiro atoms. The van der Waals surface area contributed by atoms with Gasteiger partial charge in [0.05, 0.1) is 59.0 Å². The number of ether oxygens (including phenoxy) is 5. The molecule has 4 rings (SSSR count). The maximum atomic E-state index is 12.9. The molecule has 0 aromatic heterocycles. The number of carboxylic acids is 1. The smallest absolute Gasteiger partial charge is 0.316 e. The van der Waals surface area contributed by atoms with Crippen LogP contribution in [0.1, 0.15) is 105 Å². The van der Waals surface area contributed by atoms with Crippen LogP contribution in [0.5, 0.6) is 0 Å². The van der Waals surface area contributed by atoms with Crippen LogP contribution < -0.4 is 5.73 Å². The van der Waals surface area contributed by atoms with Crippen LogP contribution in [-0.4, -0.2) is 89.0 Å². The molecule has 4 aliphatic rings. The molecule has 0 amide bonds. The van der Waals surface area contributed by atoms with Gasteiger partial charge >= 0.3 is 5.97 Å². The van der Waals surface area contributed by atoms with Crippen molar-refractivity contribution in [3.63, 3.8) is 0 Å². The van der Waals surface area contributed by atoms with Gasteiger partial charge in [-0.15, -0.1) is 0 Å². The first-order valence-corrected chi connectivity index (χ1v) is 19.6. The second-order valence-electron chi connectivity index (χ2n) is 16.5. The van der Waals surface area contributed by atoms with E-state index in [1.54, 1.807) is 0 Å². The molecule has 282 valence electrons. The van der Waals surface area contributed by atoms with E-state index in [0.717, 1.165) is 54.8 Å². The van der Waals surface area contributed by atoms with E-state index in [4.69, 9.17) is 29.4 Å². The largest absolute Gasteiger partial charge is 0.481 e. The zero-order valence-corrected chi connectivity index (χ0v) is 31.4. The Morgan fingerprint density at radius 2 is 1.55 bits per heavy atom. The quantitative estimate of drug-likeness (QED) is 0.0683. The minimum Gasteiger partial charge on any atom is -0.481 e. The second-order valence-corrected chi connectivity index (χ2v) is 16.5. The first-order valence-electron chi connectivity index (χ1n) is 19.6. The van der Waals surface area contributed by atoms with Crippen molar-refractivity contribution >= 4 is 11.8 Å². The summed E-state index contributed by atoms with van der Waals surface area (Å²) in [6, 6.07) is 0. The Hall–Kier alpha value is -1.36. The molecule has 0 aromatic rings. The molecule has 3 saturated carbocycles. The Bertz CT molecular complexity index is 1060. The topological polar surface area (TPSA) is 127 Å². The highest BCUT2D eigenvalue weighted by Crippen LogP contribution is 2.67. The number of Topliss-reactive ketones (excluding diaryl/α,β-unsaturated/α-hetero) is 1. The molecule has 9 nitrogen and oxygen atoms in total. The fourth-order valence-corrected chi connectivity index (χ4v) is 10.3. The van der Waals surface area contributed by atoms with Crippen LogP contribution in [0.25, 0.3) is 0 Å². The molecule has 9 atom stereocenters. The predicted molar refractivity (Wildman–Crippen MR) is 191 cm³/mol. The van der Waals surface area contributed by atoms with Gasteiger partial charge in [-0.2, -0.15) is 0 Å². The number of ketones is 1. The molecule has 0 bridgehead atoms. The summed E-state index contributed by atoms with van der Waals surface area (Å²) in [5.74, 6) is 1.96. The van der Waals surface area contributed by atoms with Crippen LogP contribution in [0.4, 0.5) is 0 Å². The Morgan fingerprint density at radius 3 is 2.20 bits per heavy atom. The van der Waals surface area contributed by atoms with E-state index in [2.05, 4.69) is 40.7 Å². The van der Waals surface area contributed by atoms with Gasteiger partial charge in [0.25, 0.3) is 0 Å². The number of aliphatic carboxylic acids is 1. The fourth-order valence-electron chi connectivity index (χ4n) is 10.3. The third-order valence-corrected chi connectivity index (χ3v) is 13.1. The number of allylic oxidation sites excluding steroid dienone is 1. The van der Waals surface area contributed by atoms with Crippen molar-refractivity contribution in [3.8, 4) is 0 Å². The lowest BCUT2D eigenvalue weighted by atomic mass is 9.47. The van der Waals surface area contributed by atoms with Gasteiger partial charge in [-0.05, 0) is 97.7 Å². The first-order chi connectivity index (χ1) is 23.5. The number of hydrogen-bond acceptors (Lipinski definition) is 8. The Labute approximate surface area is 296 Å². The third-order valence-electron chi connectivity index (χ3n) is 13.1. The first kappa shape index (κ1) is 40.4. The number of carbonyl (C=O) groups is 2. The van der Waals surface area contributed by atoms with Crippen molar-refractivity contribution in [2.75, 3.05) is 66.0 Å². The molecule has 3 N–H and O–H groups in total. The van der Waals surface area contributed by atoms with Crippen molar-refractivity contribution < 1.29 is 38.4 Å². The monoisotopic (exact) mass is 692 g/mol. The highest BCUT2D eigenvalue weighted by atomic mass is 16.6. The van der Waals surface area contributed by atoms with Crippen LogP contribution in [0, 0.1) is 52.3 Å². The van der Waals surface area contributed by atoms with Gasteiger partial charge in [-0.25, -0.2) is 0 Å². The molecule has 0 radical (unpaired) electrons. The van der Waals surface area contributed by atoms with Gasteiger partial charge in [-0.3, -0.25) is 9.59 Å². The highest BCUT2D eigenvalue weighted by Gasteiger charge is 2.59. The molecule has 3 fully saturated rings. The summed E-state index contributed by atoms with van der Waals surface area (Å²) >= 11 is 0. The van der Waals surface area contributed by atoms with Gasteiger partial charge in [0.2, 0.25) is 0 Å². The van der Waals surface area contributed by atoms with E-state index < -0.39 is 17.7 Å². The third kappa shape index (κ3) is 10.6. The highest BCUT2D eigenvalue weighted by molar-refractivity contribution is 5.99. The minimum atomic E-state index is -1.25. The van der Waals surface area contributed by atoms with Gasteiger partial charge in [0, 0.05) is 6.54 Å². The minimum absolute atomic E-state index is 0.0468. The lowest BCUT2D eigenvalue weighted by molar-refractivity contribution is -0.151. The van der Waals surface area contributed by atoms with Crippen LogP contribution in [0.15, 0.2) is 11.6 Å². The Kier molecular flexibility index (Phi) is 16.1. The molecular weight excluding hydrogens is 622 g/mol. The van der Waals surface area contributed by atoms with Crippen molar-refractivity contribution in [2.45, 2.75) is 111 Å². The van der Waals surface area contributed by atoms with E-state index in [9.17, 15) is 14.7 Å². The summed E-state index contributed by atoms with van der Waals surface area (Å²) in [5.41, 5.74) is 7.57. The fraction of sp³-hybridized carbons (Fsp3) is 0.900. The Morgan fingerprint density at radius 1 is 0.878 bits per heavy atom. The van der Waals surface area contributed by atoms with Crippen LogP contribution in [0.2, 0.25) is 0 Å². The van der Waals surface area contributed by atoms with Gasteiger partial charge < -0.3 is 34.5 Å². The van der Waals surface area contributed by atoms with Gasteiger partial charge in [-0.1, -0.05) is 65.5 Å². The second kappa shape index (κ2) is 19.5. The number of rotatable bonds is 23. The molecule has 0 saturated heterocycles. The average molecular weight is 692 g/mol.